The summed E-state index contributed by atoms with van der Waals surface area (Å²) < 4.78 is 2.36. The molecule has 1 fully saturated rings. The van der Waals surface area contributed by atoms with E-state index in [-0.39, 0.29) is 0 Å². The molecule has 1 aromatic heterocycles. The maximum atomic E-state index is 4.39. The molecule has 1 aromatic rings. The first kappa shape index (κ1) is 10.0. The number of hydrogen-bond donors (Lipinski definition) is 1. The predicted molar refractivity (Wildman–Crippen MR) is 62.4 cm³/mol. The highest BCUT2D eigenvalue weighted by molar-refractivity contribution is 5.12. The number of hydrogen-bond acceptors (Lipinski definition) is 3. The number of aryl methyl sites for hydroxylation is 1. The van der Waals surface area contributed by atoms with E-state index in [0.717, 1.165) is 31.8 Å². The van der Waals surface area contributed by atoms with Crippen LogP contribution < -0.4 is 5.32 Å². The number of nitrogens with zero attached hydrogens (tertiary/aromatic N) is 3. The third-order valence-corrected chi connectivity index (χ3v) is 3.67. The van der Waals surface area contributed by atoms with Crippen LogP contribution in [0.1, 0.15) is 42.9 Å². The second kappa shape index (κ2) is 4.01. The largest absolute Gasteiger partial charge is 0.315 e. The highest BCUT2D eigenvalue weighted by atomic mass is 15.3. The lowest BCUT2D eigenvalue weighted by molar-refractivity contribution is 0.489. The van der Waals surface area contributed by atoms with E-state index in [1.54, 1.807) is 0 Å². The zero-order valence-corrected chi connectivity index (χ0v) is 9.69. The maximum absolute atomic E-state index is 4.39. The van der Waals surface area contributed by atoms with Gasteiger partial charge in [-0.15, -0.1) is 10.2 Å². The fourth-order valence-electron chi connectivity index (χ4n) is 2.80. The van der Waals surface area contributed by atoms with Crippen molar-refractivity contribution in [2.75, 3.05) is 13.1 Å². The van der Waals surface area contributed by atoms with Crippen LogP contribution in [-0.4, -0.2) is 27.9 Å². The number of rotatable bonds is 2. The number of aromatic nitrogens is 3. The monoisotopic (exact) mass is 218 g/mol. The van der Waals surface area contributed by atoms with E-state index in [0.29, 0.717) is 12.0 Å². The Labute approximate surface area is 95.8 Å². The van der Waals surface area contributed by atoms with Gasteiger partial charge in [-0.05, 0) is 32.7 Å². The summed E-state index contributed by atoms with van der Waals surface area (Å²) in [5, 5.41) is 12.1. The number of nitrogens with one attached hydrogen (secondary N) is 1. The Bertz CT molecular complexity index is 393. The second-order valence-corrected chi connectivity index (χ2v) is 4.76. The van der Waals surface area contributed by atoms with Gasteiger partial charge in [0.25, 0.3) is 0 Å². The van der Waals surface area contributed by atoms with Crippen LogP contribution in [-0.2, 0) is 0 Å². The highest BCUT2D eigenvalue weighted by Crippen LogP contribution is 2.31. The standard InChI is InChI=1S/C12H18N4/c1-9-14-15-12(10-4-2-3-5-10)16(9)11-6-7-13-8-11/h2-3,10-11,13H,4-8H2,1H3. The van der Waals surface area contributed by atoms with Crippen molar-refractivity contribution in [3.63, 3.8) is 0 Å². The fourth-order valence-corrected chi connectivity index (χ4v) is 2.80. The van der Waals surface area contributed by atoms with Gasteiger partial charge in [0.1, 0.15) is 11.6 Å². The van der Waals surface area contributed by atoms with Crippen molar-refractivity contribution in [1.82, 2.24) is 20.1 Å². The molecule has 4 nitrogen and oxygen atoms in total. The van der Waals surface area contributed by atoms with Gasteiger partial charge in [0.15, 0.2) is 0 Å². The topological polar surface area (TPSA) is 42.7 Å². The predicted octanol–water partition coefficient (Wildman–Crippen LogP) is 1.55. The lowest BCUT2D eigenvalue weighted by Crippen LogP contribution is -2.18. The van der Waals surface area contributed by atoms with E-state index < -0.39 is 0 Å². The molecule has 1 aliphatic heterocycles. The van der Waals surface area contributed by atoms with Gasteiger partial charge in [-0.3, -0.25) is 0 Å². The lowest BCUT2D eigenvalue weighted by atomic mass is 10.1. The van der Waals surface area contributed by atoms with E-state index in [9.17, 15) is 0 Å². The van der Waals surface area contributed by atoms with Crippen LogP contribution in [0.2, 0.25) is 0 Å². The van der Waals surface area contributed by atoms with Crippen LogP contribution in [0.5, 0.6) is 0 Å². The molecule has 1 unspecified atom stereocenters. The normalized spacial score (nSPS) is 25.7. The molecule has 1 atom stereocenters. The minimum absolute atomic E-state index is 0.557. The summed E-state index contributed by atoms with van der Waals surface area (Å²) in [7, 11) is 0. The van der Waals surface area contributed by atoms with Gasteiger partial charge >= 0.3 is 0 Å². The molecule has 2 aliphatic rings. The summed E-state index contributed by atoms with van der Waals surface area (Å²) in [4.78, 5) is 0. The molecule has 0 spiro atoms. The fraction of sp³-hybridized carbons (Fsp3) is 0.667. The smallest absolute Gasteiger partial charge is 0.137 e. The first-order valence-corrected chi connectivity index (χ1v) is 6.13. The zero-order valence-electron chi connectivity index (χ0n) is 9.69. The second-order valence-electron chi connectivity index (χ2n) is 4.76. The molecule has 3 rings (SSSR count). The van der Waals surface area contributed by atoms with E-state index in [1.807, 2.05) is 0 Å². The molecule has 0 saturated carbocycles. The SMILES string of the molecule is Cc1nnc(C2CC=CC2)n1C1CCNC1. The maximum Gasteiger partial charge on any atom is 0.137 e. The highest BCUT2D eigenvalue weighted by Gasteiger charge is 2.26. The summed E-state index contributed by atoms with van der Waals surface area (Å²) in [5.41, 5.74) is 0. The first-order valence-electron chi connectivity index (χ1n) is 6.13. The van der Waals surface area contributed by atoms with Crippen molar-refractivity contribution >= 4 is 0 Å². The Balaban J connectivity index is 1.92. The Morgan fingerprint density at radius 1 is 1.31 bits per heavy atom. The Hall–Kier alpha value is -1.16. The van der Waals surface area contributed by atoms with Gasteiger partial charge in [0.2, 0.25) is 0 Å². The summed E-state index contributed by atoms with van der Waals surface area (Å²) in [6.07, 6.45) is 7.96. The van der Waals surface area contributed by atoms with Crippen LogP contribution in [0.3, 0.4) is 0 Å². The van der Waals surface area contributed by atoms with Crippen molar-refractivity contribution in [1.29, 1.82) is 0 Å². The van der Waals surface area contributed by atoms with Crippen molar-refractivity contribution in [2.45, 2.75) is 38.1 Å². The molecular formula is C12H18N4. The third kappa shape index (κ3) is 1.57. The molecule has 1 aliphatic carbocycles. The van der Waals surface area contributed by atoms with Crippen molar-refractivity contribution in [3.8, 4) is 0 Å². The van der Waals surface area contributed by atoms with Crippen LogP contribution in [0.25, 0.3) is 0 Å². The average Bonchev–Trinajstić information content (AvgIpc) is 2.96. The molecule has 0 bridgehead atoms. The van der Waals surface area contributed by atoms with Crippen LogP contribution in [0.15, 0.2) is 12.2 Å². The van der Waals surface area contributed by atoms with Crippen molar-refractivity contribution in [2.24, 2.45) is 0 Å². The minimum atomic E-state index is 0.557. The molecule has 0 radical (unpaired) electrons. The number of allylic oxidation sites excluding steroid dienone is 2. The first-order chi connectivity index (χ1) is 7.86. The molecule has 0 amide bonds. The van der Waals surface area contributed by atoms with Gasteiger partial charge in [-0.2, -0.15) is 0 Å². The van der Waals surface area contributed by atoms with E-state index in [2.05, 4.69) is 39.2 Å². The van der Waals surface area contributed by atoms with Crippen LogP contribution in [0.4, 0.5) is 0 Å². The molecular weight excluding hydrogens is 200 g/mol. The van der Waals surface area contributed by atoms with Crippen LogP contribution >= 0.6 is 0 Å². The van der Waals surface area contributed by atoms with E-state index in [1.165, 1.54) is 12.2 Å². The van der Waals surface area contributed by atoms with Gasteiger partial charge in [-0.1, -0.05) is 12.2 Å². The molecule has 4 heteroatoms. The van der Waals surface area contributed by atoms with E-state index in [4.69, 9.17) is 0 Å². The Morgan fingerprint density at radius 3 is 2.81 bits per heavy atom. The molecule has 16 heavy (non-hydrogen) atoms. The summed E-state index contributed by atoms with van der Waals surface area (Å²) in [6, 6.07) is 0.561. The zero-order chi connectivity index (χ0) is 11.0. The van der Waals surface area contributed by atoms with Gasteiger partial charge in [0.05, 0.1) is 6.04 Å². The van der Waals surface area contributed by atoms with Gasteiger partial charge < -0.3 is 9.88 Å². The molecule has 0 aromatic carbocycles. The molecule has 1 N–H and O–H groups in total. The lowest BCUT2D eigenvalue weighted by Gasteiger charge is -2.18. The third-order valence-electron chi connectivity index (χ3n) is 3.67. The summed E-state index contributed by atoms with van der Waals surface area (Å²) in [5.74, 6) is 2.81. The summed E-state index contributed by atoms with van der Waals surface area (Å²) in [6.45, 7) is 4.24. The quantitative estimate of drug-likeness (QED) is 0.766. The average molecular weight is 218 g/mol. The molecule has 1 saturated heterocycles. The van der Waals surface area contributed by atoms with Gasteiger partial charge in [0, 0.05) is 12.5 Å². The minimum Gasteiger partial charge on any atom is -0.315 e. The van der Waals surface area contributed by atoms with Crippen molar-refractivity contribution in [3.05, 3.63) is 23.8 Å². The Kier molecular flexibility index (Phi) is 2.52. The van der Waals surface area contributed by atoms with Crippen LogP contribution in [0, 0.1) is 6.92 Å². The summed E-state index contributed by atoms with van der Waals surface area (Å²) >= 11 is 0. The molecule has 2 heterocycles. The Morgan fingerprint density at radius 2 is 2.12 bits per heavy atom. The van der Waals surface area contributed by atoms with Gasteiger partial charge in [-0.25, -0.2) is 0 Å². The van der Waals surface area contributed by atoms with E-state index >= 15 is 0 Å². The van der Waals surface area contributed by atoms with Crippen molar-refractivity contribution < 1.29 is 0 Å². The molecule has 86 valence electrons.